The van der Waals surface area contributed by atoms with E-state index in [0.717, 1.165) is 42.3 Å². The van der Waals surface area contributed by atoms with Gasteiger partial charge < -0.3 is 10.1 Å². The zero-order valence-electron chi connectivity index (χ0n) is 14.7. The molecule has 0 spiro atoms. The second kappa shape index (κ2) is 7.64. The van der Waals surface area contributed by atoms with Gasteiger partial charge in [0.15, 0.2) is 6.10 Å². The van der Waals surface area contributed by atoms with E-state index in [1.165, 1.54) is 6.42 Å². The second-order valence-corrected chi connectivity index (χ2v) is 6.72. The van der Waals surface area contributed by atoms with Crippen molar-refractivity contribution in [2.24, 2.45) is 0 Å². The van der Waals surface area contributed by atoms with Crippen LogP contribution in [0.1, 0.15) is 55.1 Å². The van der Waals surface area contributed by atoms with Crippen molar-refractivity contribution in [2.75, 3.05) is 0 Å². The van der Waals surface area contributed by atoms with E-state index in [1.807, 2.05) is 31.2 Å². The van der Waals surface area contributed by atoms with E-state index in [4.69, 9.17) is 4.74 Å². The van der Waals surface area contributed by atoms with Crippen molar-refractivity contribution in [3.63, 3.8) is 0 Å². The van der Waals surface area contributed by atoms with Crippen molar-refractivity contribution in [1.82, 2.24) is 10.3 Å². The number of hydrogen-bond acceptors (Lipinski definition) is 4. The van der Waals surface area contributed by atoms with Gasteiger partial charge in [-0.3, -0.25) is 9.78 Å². The predicted octanol–water partition coefficient (Wildman–Crippen LogP) is 3.54. The van der Waals surface area contributed by atoms with E-state index in [-0.39, 0.29) is 11.9 Å². The summed E-state index contributed by atoms with van der Waals surface area (Å²) in [5, 5.41) is 3.73. The number of carbonyl (C=O) groups excluding carboxylic acids is 2. The molecule has 1 N–H and O–H groups in total. The Kier molecular flexibility index (Phi) is 5.31. The number of pyridine rings is 1. The number of amides is 1. The van der Waals surface area contributed by atoms with E-state index in [9.17, 15) is 9.59 Å². The Morgan fingerprint density at radius 2 is 1.92 bits per heavy atom. The van der Waals surface area contributed by atoms with Gasteiger partial charge in [-0.05, 0) is 38.8 Å². The molecule has 1 aliphatic rings. The summed E-state index contributed by atoms with van der Waals surface area (Å²) in [4.78, 5) is 29.3. The van der Waals surface area contributed by atoms with Crippen LogP contribution in [0.2, 0.25) is 0 Å². The van der Waals surface area contributed by atoms with E-state index in [2.05, 4.69) is 10.3 Å². The molecule has 5 heteroatoms. The normalized spacial score (nSPS) is 16.4. The molecule has 0 aliphatic heterocycles. The highest BCUT2D eigenvalue weighted by atomic mass is 16.5. The molecule has 5 nitrogen and oxygen atoms in total. The van der Waals surface area contributed by atoms with Crippen molar-refractivity contribution in [1.29, 1.82) is 0 Å². The number of nitrogens with one attached hydrogen (secondary N) is 1. The van der Waals surface area contributed by atoms with Crippen molar-refractivity contribution >= 4 is 22.8 Å². The highest BCUT2D eigenvalue weighted by Gasteiger charge is 2.23. The third kappa shape index (κ3) is 4.16. The van der Waals surface area contributed by atoms with Gasteiger partial charge in [0.1, 0.15) is 0 Å². The number of benzene rings is 1. The zero-order chi connectivity index (χ0) is 17.8. The summed E-state index contributed by atoms with van der Waals surface area (Å²) in [6.07, 6.45) is 4.69. The highest BCUT2D eigenvalue weighted by Crippen LogP contribution is 2.20. The third-order valence-corrected chi connectivity index (χ3v) is 4.67. The maximum absolute atomic E-state index is 12.6. The van der Waals surface area contributed by atoms with Gasteiger partial charge in [-0.1, -0.05) is 37.5 Å². The number of esters is 1. The van der Waals surface area contributed by atoms with Crippen LogP contribution < -0.4 is 5.32 Å². The summed E-state index contributed by atoms with van der Waals surface area (Å²) < 4.78 is 5.42. The lowest BCUT2D eigenvalue weighted by atomic mass is 9.95. The van der Waals surface area contributed by atoms with Crippen LogP contribution in [0.3, 0.4) is 0 Å². The van der Waals surface area contributed by atoms with Gasteiger partial charge in [-0.2, -0.15) is 0 Å². The standard InChI is InChI=1S/C20H24N2O3/c1-13-12-17(16-10-6-7-11-18(16)21-13)20(24)25-14(2)19(23)22-15-8-4-3-5-9-15/h6-7,10-12,14-15H,3-5,8-9H2,1-2H3,(H,22,23). The summed E-state index contributed by atoms with van der Waals surface area (Å²) in [5.41, 5.74) is 1.93. The van der Waals surface area contributed by atoms with Crippen LogP contribution in [0.15, 0.2) is 30.3 Å². The Balaban J connectivity index is 1.70. The van der Waals surface area contributed by atoms with Gasteiger partial charge in [0.2, 0.25) is 0 Å². The summed E-state index contributed by atoms with van der Waals surface area (Å²) >= 11 is 0. The minimum absolute atomic E-state index is 0.200. The molecule has 1 saturated carbocycles. The van der Waals surface area contributed by atoms with Crippen molar-refractivity contribution in [2.45, 2.75) is 58.1 Å². The highest BCUT2D eigenvalue weighted by molar-refractivity contribution is 6.04. The SMILES string of the molecule is Cc1cc(C(=O)OC(C)C(=O)NC2CCCCC2)c2ccccc2n1. The first kappa shape index (κ1) is 17.4. The lowest BCUT2D eigenvalue weighted by molar-refractivity contribution is -0.130. The molecule has 1 atom stereocenters. The van der Waals surface area contributed by atoms with Gasteiger partial charge >= 0.3 is 5.97 Å². The molecule has 0 bridgehead atoms. The average molecular weight is 340 g/mol. The van der Waals surface area contributed by atoms with Gasteiger partial charge in [0.25, 0.3) is 5.91 Å². The number of rotatable bonds is 4. The first-order valence-electron chi connectivity index (χ1n) is 8.92. The molecule has 1 aromatic carbocycles. The quantitative estimate of drug-likeness (QED) is 0.865. The molecule has 132 valence electrons. The molecule has 0 radical (unpaired) electrons. The number of fused-ring (bicyclic) bond motifs is 1. The molecular weight excluding hydrogens is 316 g/mol. The van der Waals surface area contributed by atoms with Crippen LogP contribution in [0.25, 0.3) is 10.9 Å². The van der Waals surface area contributed by atoms with Crippen molar-refractivity contribution in [3.05, 3.63) is 41.6 Å². The molecule has 1 amide bonds. The van der Waals surface area contributed by atoms with E-state index < -0.39 is 12.1 Å². The molecule has 1 aliphatic carbocycles. The number of carbonyl (C=O) groups is 2. The lowest BCUT2D eigenvalue weighted by Gasteiger charge is -2.24. The topological polar surface area (TPSA) is 68.3 Å². The Labute approximate surface area is 147 Å². The van der Waals surface area contributed by atoms with Crippen LogP contribution in [0.4, 0.5) is 0 Å². The first-order chi connectivity index (χ1) is 12.0. The van der Waals surface area contributed by atoms with E-state index >= 15 is 0 Å². The van der Waals surface area contributed by atoms with E-state index in [1.54, 1.807) is 13.0 Å². The van der Waals surface area contributed by atoms with Crippen LogP contribution in [-0.2, 0) is 9.53 Å². The van der Waals surface area contributed by atoms with Crippen LogP contribution in [0.5, 0.6) is 0 Å². The number of aryl methyl sites for hydroxylation is 1. The molecule has 2 aromatic rings. The zero-order valence-corrected chi connectivity index (χ0v) is 14.7. The second-order valence-electron chi connectivity index (χ2n) is 6.72. The number of aromatic nitrogens is 1. The molecular formula is C20H24N2O3. The fraction of sp³-hybridized carbons (Fsp3) is 0.450. The fourth-order valence-corrected chi connectivity index (χ4v) is 3.32. The molecule has 1 aromatic heterocycles. The number of nitrogens with zero attached hydrogens (tertiary/aromatic N) is 1. The molecule has 3 rings (SSSR count). The first-order valence-corrected chi connectivity index (χ1v) is 8.92. The molecule has 1 unspecified atom stereocenters. The fourth-order valence-electron chi connectivity index (χ4n) is 3.32. The van der Waals surface area contributed by atoms with Crippen LogP contribution in [-0.4, -0.2) is 29.0 Å². The third-order valence-electron chi connectivity index (χ3n) is 4.67. The largest absolute Gasteiger partial charge is 0.449 e. The monoisotopic (exact) mass is 340 g/mol. The number of hydrogen-bond donors (Lipinski definition) is 1. The molecule has 1 heterocycles. The predicted molar refractivity (Wildman–Crippen MR) is 96.4 cm³/mol. The molecule has 0 saturated heterocycles. The Hall–Kier alpha value is -2.43. The van der Waals surface area contributed by atoms with Gasteiger partial charge in [0, 0.05) is 17.1 Å². The Morgan fingerprint density at radius 1 is 1.20 bits per heavy atom. The Morgan fingerprint density at radius 3 is 2.68 bits per heavy atom. The maximum atomic E-state index is 12.6. The van der Waals surface area contributed by atoms with Crippen molar-refractivity contribution < 1.29 is 14.3 Å². The van der Waals surface area contributed by atoms with E-state index in [0.29, 0.717) is 5.56 Å². The lowest BCUT2D eigenvalue weighted by Crippen LogP contribution is -2.42. The van der Waals surface area contributed by atoms with Gasteiger partial charge in [0.05, 0.1) is 11.1 Å². The average Bonchev–Trinajstić information content (AvgIpc) is 2.61. The minimum Gasteiger partial charge on any atom is -0.449 e. The smallest absolute Gasteiger partial charge is 0.339 e. The molecule has 1 fully saturated rings. The summed E-state index contributed by atoms with van der Waals surface area (Å²) in [7, 11) is 0. The summed E-state index contributed by atoms with van der Waals surface area (Å²) in [5.74, 6) is -0.719. The minimum atomic E-state index is -0.818. The number of ether oxygens (including phenoxy) is 1. The van der Waals surface area contributed by atoms with Crippen molar-refractivity contribution in [3.8, 4) is 0 Å². The summed E-state index contributed by atoms with van der Waals surface area (Å²) in [6, 6.07) is 9.34. The molecule has 25 heavy (non-hydrogen) atoms. The Bertz CT molecular complexity index is 782. The van der Waals surface area contributed by atoms with Crippen LogP contribution in [0, 0.1) is 6.92 Å². The van der Waals surface area contributed by atoms with Gasteiger partial charge in [-0.15, -0.1) is 0 Å². The van der Waals surface area contributed by atoms with Crippen LogP contribution >= 0.6 is 0 Å². The summed E-state index contributed by atoms with van der Waals surface area (Å²) in [6.45, 7) is 3.45. The number of para-hydroxylation sites is 1. The maximum Gasteiger partial charge on any atom is 0.339 e. The van der Waals surface area contributed by atoms with Gasteiger partial charge in [-0.25, -0.2) is 4.79 Å².